The van der Waals surface area contributed by atoms with Crippen LogP contribution >= 0.6 is 27.0 Å². The first-order chi connectivity index (χ1) is 20.4. The van der Waals surface area contributed by atoms with Gasteiger partial charge in [-0.3, -0.25) is 19.2 Å². The predicted molar refractivity (Wildman–Crippen MR) is 206 cm³/mol. The molecule has 4 rings (SSSR count). The maximum atomic E-state index is 11.4. The minimum Gasteiger partial charge on any atom is -0.299 e. The molecule has 0 aliphatic heterocycles. The second kappa shape index (κ2) is 23.7. The molecule has 0 heterocycles. The molecule has 46 heavy (non-hydrogen) atoms. The van der Waals surface area contributed by atoms with E-state index in [4.69, 9.17) is 0 Å². The van der Waals surface area contributed by atoms with Gasteiger partial charge in [0, 0.05) is 49.4 Å². The van der Waals surface area contributed by atoms with Crippen molar-refractivity contribution in [2.24, 2.45) is 71.0 Å². The summed E-state index contributed by atoms with van der Waals surface area (Å²) in [5.74, 6) is 8.21. The van der Waals surface area contributed by atoms with Crippen molar-refractivity contribution in [2.45, 2.75) is 160 Å². The largest absolute Gasteiger partial charge is 0.299 e. The average Bonchev–Trinajstić information content (AvgIpc) is 2.89. The molecule has 6 heteroatoms. The third-order valence-corrected chi connectivity index (χ3v) is 11.0. The van der Waals surface area contributed by atoms with E-state index >= 15 is 0 Å². The highest BCUT2D eigenvalue weighted by atomic mass is 32.1. The Morgan fingerprint density at radius 3 is 0.609 bits per heavy atom. The maximum absolute atomic E-state index is 11.4. The van der Waals surface area contributed by atoms with E-state index in [1.165, 1.54) is 25.7 Å². The summed E-state index contributed by atoms with van der Waals surface area (Å²) in [5, 5.41) is 0. The number of hydrogen-bond donors (Lipinski definition) is 0. The van der Waals surface area contributed by atoms with Crippen LogP contribution in [0.1, 0.15) is 160 Å². The van der Waals surface area contributed by atoms with E-state index < -0.39 is 0 Å². The summed E-state index contributed by atoms with van der Waals surface area (Å²) in [6, 6.07) is 0. The van der Waals surface area contributed by atoms with Gasteiger partial charge >= 0.3 is 0 Å². The lowest BCUT2D eigenvalue weighted by atomic mass is 9.77. The average molecular weight is 685 g/mol. The third-order valence-electron chi connectivity index (χ3n) is 11.0. The van der Waals surface area contributed by atoms with Crippen LogP contribution in [0.15, 0.2) is 0 Å². The first-order valence-electron chi connectivity index (χ1n) is 18.5. The summed E-state index contributed by atoms with van der Waals surface area (Å²) in [5.41, 5.74) is 0. The standard InChI is InChI=1S/4C10H18O.2H2S/c4*1-7(2)9-5-4-8(3)6-10(9)11;;/h4*7-9H,4-6H2,1-3H3;2*1H2/t4*8-,9+;;/m0000../s1. The first-order valence-corrected chi connectivity index (χ1v) is 18.5. The van der Waals surface area contributed by atoms with Crippen LogP contribution in [0.25, 0.3) is 0 Å². The zero-order valence-corrected chi connectivity index (χ0v) is 34.0. The van der Waals surface area contributed by atoms with Crippen molar-refractivity contribution in [1.29, 1.82) is 0 Å². The lowest BCUT2D eigenvalue weighted by Gasteiger charge is -2.27. The normalized spacial score (nSPS) is 31.5. The molecule has 0 amide bonds. The Kier molecular flexibility index (Phi) is 24.5. The Balaban J connectivity index is 0. The van der Waals surface area contributed by atoms with Gasteiger partial charge in [-0.25, -0.2) is 0 Å². The van der Waals surface area contributed by atoms with E-state index in [0.29, 0.717) is 94.1 Å². The minimum atomic E-state index is 0. The van der Waals surface area contributed by atoms with E-state index in [2.05, 4.69) is 83.1 Å². The van der Waals surface area contributed by atoms with Crippen molar-refractivity contribution in [3.05, 3.63) is 0 Å². The lowest BCUT2D eigenvalue weighted by Crippen LogP contribution is -2.27. The van der Waals surface area contributed by atoms with Gasteiger partial charge in [0.25, 0.3) is 0 Å². The van der Waals surface area contributed by atoms with Crippen molar-refractivity contribution >= 4 is 50.1 Å². The molecule has 4 saturated carbocycles. The zero-order chi connectivity index (χ0) is 33.7. The van der Waals surface area contributed by atoms with Crippen LogP contribution < -0.4 is 0 Å². The van der Waals surface area contributed by atoms with Crippen LogP contribution in [0.2, 0.25) is 0 Å². The number of carbonyl (C=O) groups is 4. The van der Waals surface area contributed by atoms with Gasteiger partial charge < -0.3 is 0 Å². The second-order valence-corrected chi connectivity index (χ2v) is 16.8. The minimum absolute atomic E-state index is 0. The van der Waals surface area contributed by atoms with Gasteiger partial charge in [-0.15, -0.1) is 0 Å². The highest BCUT2D eigenvalue weighted by Gasteiger charge is 2.30. The monoisotopic (exact) mass is 685 g/mol. The van der Waals surface area contributed by atoms with Crippen LogP contribution in [-0.4, -0.2) is 23.1 Å². The van der Waals surface area contributed by atoms with Gasteiger partial charge in [0.05, 0.1) is 0 Å². The summed E-state index contributed by atoms with van der Waals surface area (Å²) in [4.78, 5) is 45.8. The predicted octanol–water partition coefficient (Wildman–Crippen LogP) is 10.8. The molecule has 8 atom stereocenters. The van der Waals surface area contributed by atoms with Gasteiger partial charge in [-0.1, -0.05) is 83.1 Å². The zero-order valence-electron chi connectivity index (χ0n) is 32.0. The molecule has 0 radical (unpaired) electrons. The number of hydrogen-bond acceptors (Lipinski definition) is 4. The van der Waals surface area contributed by atoms with Crippen molar-refractivity contribution < 1.29 is 19.2 Å². The highest BCUT2D eigenvalue weighted by Crippen LogP contribution is 2.32. The van der Waals surface area contributed by atoms with Gasteiger partial charge in [-0.2, -0.15) is 27.0 Å². The third kappa shape index (κ3) is 17.2. The Labute approximate surface area is 299 Å². The van der Waals surface area contributed by atoms with Gasteiger partial charge in [-0.05, 0) is 98.7 Å². The van der Waals surface area contributed by atoms with E-state index in [1.807, 2.05) is 0 Å². The lowest BCUT2D eigenvalue weighted by molar-refractivity contribution is -0.128. The smallest absolute Gasteiger partial charge is 0.136 e. The fraction of sp³-hybridized carbons (Fsp3) is 0.900. The van der Waals surface area contributed by atoms with E-state index in [0.717, 1.165) is 51.4 Å². The molecular weight excluding hydrogens is 609 g/mol. The molecule has 4 nitrogen and oxygen atoms in total. The van der Waals surface area contributed by atoms with Crippen molar-refractivity contribution in [3.63, 3.8) is 0 Å². The molecule has 4 aliphatic carbocycles. The molecule has 272 valence electrons. The SMILES string of the molecule is CC(C)[C@H]1CC[C@H](C)CC1=O.CC(C)[C@H]1CC[C@H](C)CC1=O.CC(C)[C@H]1CC[C@H](C)CC1=O.CC(C)[C@H]1CC[C@H](C)CC1=O.S.S. The fourth-order valence-electron chi connectivity index (χ4n) is 7.71. The molecule has 0 spiro atoms. The maximum Gasteiger partial charge on any atom is 0.136 e. The van der Waals surface area contributed by atoms with Crippen molar-refractivity contribution in [1.82, 2.24) is 0 Å². The topological polar surface area (TPSA) is 68.3 Å². The second-order valence-electron chi connectivity index (χ2n) is 16.8. The number of carbonyl (C=O) groups excluding carboxylic acids is 4. The summed E-state index contributed by atoms with van der Waals surface area (Å²) in [6.07, 6.45) is 12.8. The number of Topliss-reactive ketones (excluding diaryl/α,β-unsaturated/α-hetero) is 4. The molecule has 0 aromatic carbocycles. The molecule has 0 N–H and O–H groups in total. The van der Waals surface area contributed by atoms with Gasteiger partial charge in [0.2, 0.25) is 0 Å². The molecular formula is C40H76O4S2. The number of ketones is 4. The summed E-state index contributed by atoms with van der Waals surface area (Å²) >= 11 is 0. The summed E-state index contributed by atoms with van der Waals surface area (Å²) in [6.45, 7) is 25.9. The van der Waals surface area contributed by atoms with Crippen molar-refractivity contribution in [2.75, 3.05) is 0 Å². The van der Waals surface area contributed by atoms with Crippen LogP contribution in [0.4, 0.5) is 0 Å². The molecule has 0 bridgehead atoms. The highest BCUT2D eigenvalue weighted by molar-refractivity contribution is 7.59. The number of rotatable bonds is 4. The van der Waals surface area contributed by atoms with Crippen LogP contribution in [-0.2, 0) is 19.2 Å². The van der Waals surface area contributed by atoms with Crippen molar-refractivity contribution in [3.8, 4) is 0 Å². The van der Waals surface area contributed by atoms with Crippen LogP contribution in [0.5, 0.6) is 0 Å². The molecule has 4 aliphatic rings. The Bertz CT molecular complexity index is 752. The molecule has 4 fully saturated rings. The molecule has 0 aromatic rings. The summed E-state index contributed by atoms with van der Waals surface area (Å²) in [7, 11) is 0. The molecule has 0 saturated heterocycles. The van der Waals surface area contributed by atoms with E-state index in [9.17, 15) is 19.2 Å². The fourth-order valence-corrected chi connectivity index (χ4v) is 7.71. The Hall–Kier alpha value is -0.620. The Morgan fingerprint density at radius 2 is 0.500 bits per heavy atom. The van der Waals surface area contributed by atoms with Crippen LogP contribution in [0, 0.1) is 71.0 Å². The molecule has 0 unspecified atom stereocenters. The van der Waals surface area contributed by atoms with E-state index in [-0.39, 0.29) is 27.0 Å². The van der Waals surface area contributed by atoms with E-state index in [1.54, 1.807) is 0 Å². The van der Waals surface area contributed by atoms with Gasteiger partial charge in [0.1, 0.15) is 23.1 Å². The quantitative estimate of drug-likeness (QED) is 0.296. The Morgan fingerprint density at radius 1 is 0.348 bits per heavy atom. The molecule has 0 aromatic heterocycles. The van der Waals surface area contributed by atoms with Gasteiger partial charge in [0.15, 0.2) is 0 Å². The first kappa shape index (κ1) is 47.5. The van der Waals surface area contributed by atoms with Crippen LogP contribution in [0.3, 0.4) is 0 Å². The summed E-state index contributed by atoms with van der Waals surface area (Å²) < 4.78 is 0.